The van der Waals surface area contributed by atoms with Crippen molar-refractivity contribution >= 4 is 38.9 Å². The van der Waals surface area contributed by atoms with Gasteiger partial charge >= 0.3 is 0 Å². The van der Waals surface area contributed by atoms with Crippen LogP contribution in [0.15, 0.2) is 47.4 Å². The Balaban J connectivity index is 2.29. The first-order valence-electron chi connectivity index (χ1n) is 7.65. The third-order valence-electron chi connectivity index (χ3n) is 3.67. The molecule has 8 heteroatoms. The molecular weight excluding hydrogens is 364 g/mol. The van der Waals surface area contributed by atoms with Crippen molar-refractivity contribution in [2.75, 3.05) is 10.0 Å². The summed E-state index contributed by atoms with van der Waals surface area (Å²) in [6.45, 7) is 3.60. The molecule has 1 atom stereocenters. The van der Waals surface area contributed by atoms with Crippen molar-refractivity contribution in [3.8, 4) is 5.75 Å². The van der Waals surface area contributed by atoms with Crippen molar-refractivity contribution in [2.45, 2.75) is 25.2 Å². The van der Waals surface area contributed by atoms with Gasteiger partial charge < -0.3 is 10.4 Å². The normalized spacial score (nSPS) is 12.4. The highest BCUT2D eigenvalue weighted by atomic mass is 35.5. The molecule has 25 heavy (non-hydrogen) atoms. The highest BCUT2D eigenvalue weighted by Crippen LogP contribution is 2.28. The minimum Gasteiger partial charge on any atom is -0.506 e. The Kier molecular flexibility index (Phi) is 5.92. The Morgan fingerprint density at radius 3 is 2.60 bits per heavy atom. The van der Waals surface area contributed by atoms with Gasteiger partial charge in [-0.1, -0.05) is 31.5 Å². The number of carbonyl (C=O) groups is 1. The lowest BCUT2D eigenvalue weighted by Crippen LogP contribution is -2.20. The highest BCUT2D eigenvalue weighted by Gasteiger charge is 2.18. The number of rotatable bonds is 6. The number of carbonyl (C=O) groups excluding carboxylic acids is 1. The molecule has 134 valence electrons. The molecule has 0 spiro atoms. The summed E-state index contributed by atoms with van der Waals surface area (Å²) in [5.74, 6) is -0.766. The number of sulfonamides is 1. The molecule has 0 saturated carbocycles. The SMILES string of the molecule is CC[C@H](C)C(=O)Nc1cc(S(=O)(=O)Nc2cccc(Cl)c2)ccc1O. The fourth-order valence-electron chi connectivity index (χ4n) is 1.99. The summed E-state index contributed by atoms with van der Waals surface area (Å²) in [4.78, 5) is 11.9. The van der Waals surface area contributed by atoms with Gasteiger partial charge in [-0.3, -0.25) is 9.52 Å². The van der Waals surface area contributed by atoms with Crippen molar-refractivity contribution in [2.24, 2.45) is 5.92 Å². The molecule has 2 rings (SSSR count). The number of phenols is 1. The van der Waals surface area contributed by atoms with Gasteiger partial charge in [-0.15, -0.1) is 0 Å². The zero-order valence-electron chi connectivity index (χ0n) is 13.8. The predicted molar refractivity (Wildman–Crippen MR) is 98.5 cm³/mol. The largest absolute Gasteiger partial charge is 0.506 e. The number of aromatic hydroxyl groups is 1. The molecule has 3 N–H and O–H groups in total. The number of anilines is 2. The summed E-state index contributed by atoms with van der Waals surface area (Å²) >= 11 is 5.85. The van der Waals surface area contributed by atoms with Crippen LogP contribution in [0.2, 0.25) is 5.02 Å². The van der Waals surface area contributed by atoms with Crippen molar-refractivity contribution in [1.82, 2.24) is 0 Å². The van der Waals surface area contributed by atoms with Crippen LogP contribution in [0.3, 0.4) is 0 Å². The van der Waals surface area contributed by atoms with Gasteiger partial charge in [-0.05, 0) is 42.8 Å². The first-order chi connectivity index (χ1) is 11.7. The molecule has 0 bridgehead atoms. The predicted octanol–water partition coefficient (Wildman–Crippen LogP) is 3.83. The maximum atomic E-state index is 12.5. The van der Waals surface area contributed by atoms with Crippen LogP contribution in [0.5, 0.6) is 5.75 Å². The van der Waals surface area contributed by atoms with Gasteiger partial charge in [0.25, 0.3) is 10.0 Å². The van der Waals surface area contributed by atoms with Gasteiger partial charge in [0.1, 0.15) is 5.75 Å². The van der Waals surface area contributed by atoms with E-state index in [0.717, 1.165) is 0 Å². The lowest BCUT2D eigenvalue weighted by atomic mass is 10.1. The topological polar surface area (TPSA) is 95.5 Å². The third-order valence-corrected chi connectivity index (χ3v) is 5.29. The smallest absolute Gasteiger partial charge is 0.261 e. The molecule has 0 aromatic heterocycles. The molecule has 0 aliphatic heterocycles. The zero-order valence-corrected chi connectivity index (χ0v) is 15.4. The number of benzene rings is 2. The average molecular weight is 383 g/mol. The minimum atomic E-state index is -3.90. The highest BCUT2D eigenvalue weighted by molar-refractivity contribution is 7.92. The second-order valence-electron chi connectivity index (χ2n) is 5.59. The summed E-state index contributed by atoms with van der Waals surface area (Å²) in [7, 11) is -3.90. The molecule has 0 aliphatic carbocycles. The van der Waals surface area contributed by atoms with Crippen molar-refractivity contribution < 1.29 is 18.3 Å². The van der Waals surface area contributed by atoms with E-state index in [-0.39, 0.29) is 28.2 Å². The quantitative estimate of drug-likeness (QED) is 0.661. The van der Waals surface area contributed by atoms with Gasteiger partial charge in [0.05, 0.1) is 16.3 Å². The van der Waals surface area contributed by atoms with Crippen LogP contribution in [-0.4, -0.2) is 19.4 Å². The Morgan fingerprint density at radius 1 is 1.24 bits per heavy atom. The maximum Gasteiger partial charge on any atom is 0.261 e. The monoisotopic (exact) mass is 382 g/mol. The molecule has 6 nitrogen and oxygen atoms in total. The van der Waals surface area contributed by atoms with E-state index in [4.69, 9.17) is 11.6 Å². The van der Waals surface area contributed by atoms with Crippen LogP contribution >= 0.6 is 11.6 Å². The van der Waals surface area contributed by atoms with Gasteiger partial charge in [-0.2, -0.15) is 0 Å². The molecule has 0 radical (unpaired) electrons. The van der Waals surface area contributed by atoms with Gasteiger partial charge in [0, 0.05) is 10.9 Å². The van der Waals surface area contributed by atoms with Gasteiger partial charge in [0.2, 0.25) is 5.91 Å². The molecule has 2 aromatic carbocycles. The van der Waals surface area contributed by atoms with E-state index in [2.05, 4.69) is 10.0 Å². The Morgan fingerprint density at radius 2 is 1.96 bits per heavy atom. The number of phenolic OH excluding ortho intramolecular Hbond substituents is 1. The molecule has 1 amide bonds. The third kappa shape index (κ3) is 4.87. The van der Waals surface area contributed by atoms with Crippen LogP contribution in [0.25, 0.3) is 0 Å². The summed E-state index contributed by atoms with van der Waals surface area (Å²) < 4.78 is 27.4. The second-order valence-corrected chi connectivity index (χ2v) is 7.71. The van der Waals surface area contributed by atoms with Crippen LogP contribution in [0, 0.1) is 5.92 Å². The number of amides is 1. The molecule has 0 fully saturated rings. The average Bonchev–Trinajstić information content (AvgIpc) is 2.55. The van der Waals surface area contributed by atoms with Crippen molar-refractivity contribution in [1.29, 1.82) is 0 Å². The molecule has 0 saturated heterocycles. The van der Waals surface area contributed by atoms with E-state index >= 15 is 0 Å². The van der Waals surface area contributed by atoms with Crippen LogP contribution in [0.4, 0.5) is 11.4 Å². The molecular formula is C17H19ClN2O4S. The zero-order chi connectivity index (χ0) is 18.6. The number of nitrogens with one attached hydrogen (secondary N) is 2. The van der Waals surface area contributed by atoms with E-state index in [9.17, 15) is 18.3 Å². The standard InChI is InChI=1S/C17H19ClN2O4S/c1-3-11(2)17(22)19-15-10-14(7-8-16(15)21)25(23,24)20-13-6-4-5-12(18)9-13/h4-11,20-21H,3H2,1-2H3,(H,19,22)/t11-/m0/s1. The van der Waals surface area contributed by atoms with E-state index < -0.39 is 10.0 Å². The fourth-order valence-corrected chi connectivity index (χ4v) is 3.26. The van der Waals surface area contributed by atoms with E-state index in [1.54, 1.807) is 25.1 Å². The molecule has 0 aliphatic rings. The van der Waals surface area contributed by atoms with Crippen molar-refractivity contribution in [3.05, 3.63) is 47.5 Å². The number of hydrogen-bond donors (Lipinski definition) is 3. The van der Waals surface area contributed by atoms with Crippen molar-refractivity contribution in [3.63, 3.8) is 0 Å². The van der Waals surface area contributed by atoms with Crippen LogP contribution in [0.1, 0.15) is 20.3 Å². The second kappa shape index (κ2) is 7.76. The molecule has 0 unspecified atom stereocenters. The van der Waals surface area contributed by atoms with Gasteiger partial charge in [0.15, 0.2) is 0 Å². The van der Waals surface area contributed by atoms with E-state index in [1.807, 2.05) is 6.92 Å². The van der Waals surface area contributed by atoms with Gasteiger partial charge in [-0.25, -0.2) is 8.42 Å². The Labute approximate surface area is 151 Å². The lowest BCUT2D eigenvalue weighted by molar-refractivity contribution is -0.119. The maximum absolute atomic E-state index is 12.5. The van der Waals surface area contributed by atoms with E-state index in [0.29, 0.717) is 17.1 Å². The summed E-state index contributed by atoms with van der Waals surface area (Å²) in [5, 5.41) is 12.8. The first-order valence-corrected chi connectivity index (χ1v) is 9.51. The minimum absolute atomic E-state index is 0.0410. The fraction of sp³-hybridized carbons (Fsp3) is 0.235. The van der Waals surface area contributed by atoms with Crippen LogP contribution < -0.4 is 10.0 Å². The van der Waals surface area contributed by atoms with Crippen LogP contribution in [-0.2, 0) is 14.8 Å². The summed E-state index contributed by atoms with van der Waals surface area (Å²) in [6.07, 6.45) is 0.626. The summed E-state index contributed by atoms with van der Waals surface area (Å²) in [6, 6.07) is 9.97. The Hall–Kier alpha value is -2.25. The lowest BCUT2D eigenvalue weighted by Gasteiger charge is -2.13. The van der Waals surface area contributed by atoms with E-state index in [1.165, 1.54) is 24.3 Å². The Bertz CT molecular complexity index is 884. The number of hydrogen-bond acceptors (Lipinski definition) is 4. The molecule has 2 aromatic rings. The summed E-state index contributed by atoms with van der Waals surface area (Å²) in [5.41, 5.74) is 0.352. The first kappa shape index (κ1) is 19.1. The molecule has 0 heterocycles. The number of halogens is 1.